The number of benzene rings is 2. The van der Waals surface area contributed by atoms with Crippen LogP contribution in [0.2, 0.25) is 0 Å². The Morgan fingerprint density at radius 1 is 1.20 bits per heavy atom. The molecular formula is C31H30N2O6S. The molecule has 1 aliphatic rings. The molecule has 0 aliphatic carbocycles. The van der Waals surface area contributed by atoms with Crippen LogP contribution >= 0.6 is 11.3 Å². The molecule has 0 bridgehead atoms. The van der Waals surface area contributed by atoms with Gasteiger partial charge in [0.1, 0.15) is 22.8 Å². The molecule has 40 heavy (non-hydrogen) atoms. The number of rotatable bonds is 9. The van der Waals surface area contributed by atoms with Gasteiger partial charge in [0.2, 0.25) is 5.76 Å². The van der Waals surface area contributed by atoms with Crippen LogP contribution in [0.3, 0.4) is 0 Å². The minimum Gasteiger partial charge on any atom is -0.494 e. The van der Waals surface area contributed by atoms with Crippen molar-refractivity contribution < 1.29 is 23.5 Å². The number of ether oxygens (including phenoxy) is 2. The maximum absolute atomic E-state index is 13.9. The summed E-state index contributed by atoms with van der Waals surface area (Å²) in [6.45, 7) is 12.0. The highest BCUT2D eigenvalue weighted by Crippen LogP contribution is 2.43. The fourth-order valence-electron chi connectivity index (χ4n) is 4.66. The topological polar surface area (TPSA) is 98.9 Å². The van der Waals surface area contributed by atoms with E-state index < -0.39 is 17.9 Å². The third-order valence-corrected chi connectivity index (χ3v) is 7.81. The van der Waals surface area contributed by atoms with E-state index in [0.717, 1.165) is 23.3 Å². The van der Waals surface area contributed by atoms with Gasteiger partial charge in [-0.25, -0.2) is 9.78 Å². The maximum Gasteiger partial charge on any atom is 0.350 e. The summed E-state index contributed by atoms with van der Waals surface area (Å²) in [7, 11) is 0. The molecule has 5 rings (SSSR count). The second-order valence-electron chi connectivity index (χ2n) is 10.2. The van der Waals surface area contributed by atoms with Crippen molar-refractivity contribution in [1.82, 2.24) is 4.98 Å². The first-order chi connectivity index (χ1) is 19.2. The summed E-state index contributed by atoms with van der Waals surface area (Å²) in [5, 5.41) is 0.655. The molecule has 0 N–H and O–H groups in total. The quantitative estimate of drug-likeness (QED) is 0.174. The molecule has 9 heteroatoms. The smallest absolute Gasteiger partial charge is 0.350 e. The highest BCUT2D eigenvalue weighted by molar-refractivity contribution is 7.17. The van der Waals surface area contributed by atoms with E-state index in [1.54, 1.807) is 19.1 Å². The second-order valence-corrected chi connectivity index (χ2v) is 11.1. The Morgan fingerprint density at radius 3 is 2.75 bits per heavy atom. The number of anilines is 1. The zero-order valence-electron chi connectivity index (χ0n) is 22.9. The number of fused-ring (bicyclic) bond motifs is 2. The molecule has 0 spiro atoms. The maximum atomic E-state index is 13.9. The summed E-state index contributed by atoms with van der Waals surface area (Å²) >= 11 is 1.03. The van der Waals surface area contributed by atoms with E-state index in [-0.39, 0.29) is 33.4 Å². The van der Waals surface area contributed by atoms with Crippen molar-refractivity contribution >= 4 is 39.3 Å². The van der Waals surface area contributed by atoms with E-state index in [1.165, 1.54) is 11.0 Å². The van der Waals surface area contributed by atoms with E-state index >= 15 is 0 Å². The van der Waals surface area contributed by atoms with E-state index in [2.05, 4.69) is 25.4 Å². The number of carbonyl (C=O) groups is 2. The Kier molecular flexibility index (Phi) is 7.58. The largest absolute Gasteiger partial charge is 0.494 e. The van der Waals surface area contributed by atoms with Crippen LogP contribution in [0.15, 0.2) is 64.3 Å². The van der Waals surface area contributed by atoms with E-state index in [1.807, 2.05) is 37.3 Å². The van der Waals surface area contributed by atoms with Gasteiger partial charge in [0.05, 0.1) is 29.3 Å². The van der Waals surface area contributed by atoms with Crippen molar-refractivity contribution in [3.8, 4) is 5.75 Å². The number of aromatic nitrogens is 1. The van der Waals surface area contributed by atoms with Crippen LogP contribution in [-0.4, -0.2) is 30.1 Å². The van der Waals surface area contributed by atoms with Crippen molar-refractivity contribution in [2.75, 3.05) is 18.1 Å². The molecule has 2 aromatic heterocycles. The van der Waals surface area contributed by atoms with Gasteiger partial charge in [-0.1, -0.05) is 61.6 Å². The fraction of sp³-hybridized carbons (Fsp3) is 0.290. The number of aryl methyl sites for hydroxylation is 2. The van der Waals surface area contributed by atoms with Gasteiger partial charge in [-0.2, -0.15) is 0 Å². The minimum atomic E-state index is -0.833. The number of thiazole rings is 1. The molecule has 0 saturated heterocycles. The van der Waals surface area contributed by atoms with Crippen LogP contribution in [0, 0.1) is 19.8 Å². The van der Waals surface area contributed by atoms with Crippen LogP contribution in [0.5, 0.6) is 5.75 Å². The van der Waals surface area contributed by atoms with Gasteiger partial charge < -0.3 is 13.9 Å². The number of carbonyl (C=O) groups excluding carboxylic acids is 2. The molecule has 1 amide bonds. The van der Waals surface area contributed by atoms with Crippen LogP contribution in [-0.2, 0) is 4.74 Å². The number of amides is 1. The predicted molar refractivity (Wildman–Crippen MR) is 155 cm³/mol. The normalized spacial score (nSPS) is 14.6. The molecule has 0 radical (unpaired) electrons. The zero-order valence-corrected chi connectivity index (χ0v) is 23.7. The standard InChI is InChI=1S/C31H30N2O6S/c1-6-13-38-30(36)28-19(5)32-31(40-28)33-25(20-8-7-9-21(16-20)37-14-12-17(2)3)24-26(34)22-15-18(4)10-11-23(22)39-27(24)29(33)35/h6-11,15-17,25H,1,12-14H2,2-5H3. The Morgan fingerprint density at radius 2 is 2.00 bits per heavy atom. The Bertz CT molecular complexity index is 1690. The summed E-state index contributed by atoms with van der Waals surface area (Å²) in [6, 6.07) is 11.8. The summed E-state index contributed by atoms with van der Waals surface area (Å²) in [5.74, 6) is 0.00771. The third-order valence-electron chi connectivity index (χ3n) is 6.67. The molecule has 206 valence electrons. The molecule has 2 aromatic carbocycles. The van der Waals surface area contributed by atoms with Crippen LogP contribution < -0.4 is 15.1 Å². The molecule has 3 heterocycles. The molecule has 1 aliphatic heterocycles. The lowest BCUT2D eigenvalue weighted by Crippen LogP contribution is -2.29. The van der Waals surface area contributed by atoms with E-state index in [9.17, 15) is 14.4 Å². The lowest BCUT2D eigenvalue weighted by molar-refractivity contribution is 0.0554. The number of esters is 1. The average molecular weight is 559 g/mol. The molecule has 8 nitrogen and oxygen atoms in total. The van der Waals surface area contributed by atoms with Crippen molar-refractivity contribution in [1.29, 1.82) is 0 Å². The van der Waals surface area contributed by atoms with Crippen molar-refractivity contribution in [2.24, 2.45) is 5.92 Å². The summed E-state index contributed by atoms with van der Waals surface area (Å²) in [4.78, 5) is 46.8. The van der Waals surface area contributed by atoms with Gasteiger partial charge in [-0.05, 0) is 56.0 Å². The average Bonchev–Trinajstić information content (AvgIpc) is 3.45. The summed E-state index contributed by atoms with van der Waals surface area (Å²) in [5.41, 5.74) is 2.26. The van der Waals surface area contributed by atoms with Crippen molar-refractivity contribution in [2.45, 2.75) is 40.2 Å². The van der Waals surface area contributed by atoms with Crippen LogP contribution in [0.25, 0.3) is 11.0 Å². The Hall–Kier alpha value is -4.24. The number of hydrogen-bond acceptors (Lipinski definition) is 8. The van der Waals surface area contributed by atoms with Crippen molar-refractivity contribution in [3.05, 3.63) is 98.4 Å². The van der Waals surface area contributed by atoms with Gasteiger partial charge in [0.15, 0.2) is 10.6 Å². The van der Waals surface area contributed by atoms with Gasteiger partial charge >= 0.3 is 5.97 Å². The zero-order chi connectivity index (χ0) is 28.6. The Labute approximate surface area is 235 Å². The summed E-state index contributed by atoms with van der Waals surface area (Å²) < 4.78 is 17.3. The highest BCUT2D eigenvalue weighted by Gasteiger charge is 2.45. The fourth-order valence-corrected chi connectivity index (χ4v) is 5.65. The molecule has 0 saturated carbocycles. The number of hydrogen-bond donors (Lipinski definition) is 0. The SMILES string of the molecule is C=CCOC(=O)c1sc(N2C(=O)c3oc4ccc(C)cc4c(=O)c3C2c2cccc(OCCC(C)C)c2)nc1C. The molecule has 0 fully saturated rings. The minimum absolute atomic E-state index is 0.0406. The molecule has 1 atom stereocenters. The van der Waals surface area contributed by atoms with Gasteiger partial charge in [-0.15, -0.1) is 0 Å². The molecular weight excluding hydrogens is 528 g/mol. The predicted octanol–water partition coefficient (Wildman–Crippen LogP) is 6.38. The van der Waals surface area contributed by atoms with Crippen LogP contribution in [0.1, 0.15) is 68.9 Å². The monoisotopic (exact) mass is 558 g/mol. The second kappa shape index (κ2) is 11.1. The van der Waals surface area contributed by atoms with E-state index in [0.29, 0.717) is 40.5 Å². The van der Waals surface area contributed by atoms with Crippen molar-refractivity contribution in [3.63, 3.8) is 0 Å². The Balaban J connectivity index is 1.66. The summed E-state index contributed by atoms with van der Waals surface area (Å²) in [6.07, 6.45) is 2.37. The van der Waals surface area contributed by atoms with Gasteiger partial charge in [0, 0.05) is 0 Å². The lowest BCUT2D eigenvalue weighted by Gasteiger charge is -2.23. The van der Waals surface area contributed by atoms with Crippen LogP contribution in [0.4, 0.5) is 5.13 Å². The first kappa shape index (κ1) is 27.3. The number of nitrogens with zero attached hydrogens (tertiary/aromatic N) is 2. The third kappa shape index (κ3) is 5.04. The first-order valence-corrected chi connectivity index (χ1v) is 13.9. The van der Waals surface area contributed by atoms with Gasteiger partial charge in [0.25, 0.3) is 5.91 Å². The van der Waals surface area contributed by atoms with E-state index in [4.69, 9.17) is 13.9 Å². The van der Waals surface area contributed by atoms with Gasteiger partial charge in [-0.3, -0.25) is 14.5 Å². The lowest BCUT2D eigenvalue weighted by atomic mass is 9.98. The first-order valence-electron chi connectivity index (χ1n) is 13.1. The molecule has 1 unspecified atom stereocenters. The highest BCUT2D eigenvalue weighted by atomic mass is 32.1. The molecule has 4 aromatic rings.